The van der Waals surface area contributed by atoms with Crippen molar-refractivity contribution in [1.29, 1.82) is 0 Å². The van der Waals surface area contributed by atoms with E-state index >= 15 is 0 Å². The summed E-state index contributed by atoms with van der Waals surface area (Å²) in [7, 11) is 0. The Balaban J connectivity index is 0.00000180. The third-order valence-corrected chi connectivity index (χ3v) is 2.98. The zero-order valence-corrected chi connectivity index (χ0v) is 11.5. The Labute approximate surface area is 118 Å². The van der Waals surface area contributed by atoms with E-state index in [1.165, 1.54) is 6.92 Å². The van der Waals surface area contributed by atoms with Gasteiger partial charge in [-0.2, -0.15) is 0 Å². The van der Waals surface area contributed by atoms with Gasteiger partial charge in [0.25, 0.3) is 5.91 Å². The first-order valence-corrected chi connectivity index (χ1v) is 6.17. The maximum Gasteiger partial charge on any atom is 0.282 e. The number of anilines is 2. The molecule has 4 N–H and O–H groups in total. The van der Waals surface area contributed by atoms with Crippen molar-refractivity contribution in [2.45, 2.75) is 25.8 Å². The van der Waals surface area contributed by atoms with E-state index in [9.17, 15) is 9.59 Å². The highest BCUT2D eigenvalue weighted by molar-refractivity contribution is 5.94. The van der Waals surface area contributed by atoms with Gasteiger partial charge in [-0.1, -0.05) is 0 Å². The molecule has 0 unspecified atom stereocenters. The minimum Gasteiger partial charge on any atom is -1.00 e. The Bertz CT molecular complexity index is 442. The third kappa shape index (κ3) is 4.54. The minimum absolute atomic E-state index is 0. The van der Waals surface area contributed by atoms with Crippen LogP contribution in [-0.4, -0.2) is 24.4 Å². The zero-order valence-electron chi connectivity index (χ0n) is 10.8. The second-order valence-corrected chi connectivity index (χ2v) is 4.52. The van der Waals surface area contributed by atoms with Gasteiger partial charge < -0.3 is 28.4 Å². The maximum absolute atomic E-state index is 11.9. The predicted molar refractivity (Wildman–Crippen MR) is 69.2 cm³/mol. The lowest BCUT2D eigenvalue weighted by Gasteiger charge is -2.09. The van der Waals surface area contributed by atoms with Crippen LogP contribution in [0, 0.1) is 0 Å². The number of quaternary nitrogens is 1. The molecule has 1 aromatic rings. The van der Waals surface area contributed by atoms with E-state index in [0.717, 1.165) is 30.8 Å². The lowest BCUT2D eigenvalue weighted by atomic mass is 10.2. The number of halogens is 1. The van der Waals surface area contributed by atoms with Gasteiger partial charge in [0.15, 0.2) is 6.04 Å². The van der Waals surface area contributed by atoms with E-state index in [1.54, 1.807) is 24.3 Å². The summed E-state index contributed by atoms with van der Waals surface area (Å²) in [6.07, 6.45) is 2.04. The van der Waals surface area contributed by atoms with Crippen molar-refractivity contribution >= 4 is 23.2 Å². The second kappa shape index (κ2) is 7.11. The molecule has 19 heavy (non-hydrogen) atoms. The van der Waals surface area contributed by atoms with Gasteiger partial charge in [0, 0.05) is 31.1 Å². The average molecular weight is 284 g/mol. The molecule has 1 aliphatic rings. The molecule has 1 saturated heterocycles. The molecule has 1 aliphatic heterocycles. The van der Waals surface area contributed by atoms with E-state index < -0.39 is 0 Å². The fraction of sp³-hybridized carbons (Fsp3) is 0.385. The summed E-state index contributed by atoms with van der Waals surface area (Å²) in [4.78, 5) is 22.7. The van der Waals surface area contributed by atoms with Crippen LogP contribution in [0.1, 0.15) is 19.8 Å². The van der Waals surface area contributed by atoms with Crippen molar-refractivity contribution in [3.63, 3.8) is 0 Å². The highest BCUT2D eigenvalue weighted by atomic mass is 35.5. The largest absolute Gasteiger partial charge is 1.00 e. The van der Waals surface area contributed by atoms with Crippen LogP contribution in [-0.2, 0) is 9.59 Å². The molecule has 1 atom stereocenters. The molecule has 0 aliphatic carbocycles. The first kappa shape index (κ1) is 15.5. The topological polar surface area (TPSA) is 74.8 Å². The van der Waals surface area contributed by atoms with Crippen LogP contribution < -0.4 is 28.4 Å². The molecular formula is C13H18ClN3O2. The van der Waals surface area contributed by atoms with E-state index in [1.807, 2.05) is 0 Å². The zero-order chi connectivity index (χ0) is 13.0. The van der Waals surface area contributed by atoms with Gasteiger partial charge in [0.05, 0.1) is 6.54 Å². The predicted octanol–water partition coefficient (Wildman–Crippen LogP) is -2.69. The van der Waals surface area contributed by atoms with Crippen LogP contribution in [0.5, 0.6) is 0 Å². The van der Waals surface area contributed by atoms with Crippen molar-refractivity contribution < 1.29 is 27.3 Å². The number of rotatable bonds is 3. The number of amides is 2. The molecule has 2 amide bonds. The summed E-state index contributed by atoms with van der Waals surface area (Å²) in [5, 5.41) is 7.63. The number of hydrogen-bond donors (Lipinski definition) is 3. The number of nitrogens with one attached hydrogen (secondary N) is 2. The van der Waals surface area contributed by atoms with Crippen LogP contribution >= 0.6 is 0 Å². The van der Waals surface area contributed by atoms with E-state index in [-0.39, 0.29) is 30.3 Å². The molecule has 0 saturated carbocycles. The highest BCUT2D eigenvalue weighted by Crippen LogP contribution is 2.14. The monoisotopic (exact) mass is 283 g/mol. The normalized spacial score (nSPS) is 17.4. The smallest absolute Gasteiger partial charge is 0.282 e. The molecule has 0 aromatic heterocycles. The average Bonchev–Trinajstić information content (AvgIpc) is 2.84. The third-order valence-electron chi connectivity index (χ3n) is 2.98. The van der Waals surface area contributed by atoms with Gasteiger partial charge in [-0.15, -0.1) is 0 Å². The quantitative estimate of drug-likeness (QED) is 0.565. The molecule has 0 spiro atoms. The lowest BCUT2D eigenvalue weighted by molar-refractivity contribution is -0.656. The van der Waals surface area contributed by atoms with Crippen molar-refractivity contribution in [2.24, 2.45) is 0 Å². The number of benzene rings is 1. The standard InChI is InChI=1S/C13H17N3O2.ClH/c1-9(17)15-10-4-6-11(7-5-10)16-13(18)12-3-2-8-14-12;/h4-7,12,14H,2-3,8H2,1H3,(H,15,17)(H,16,18);1H/t12-;/m0./s1. The van der Waals surface area contributed by atoms with Crippen LogP contribution in [0.4, 0.5) is 11.4 Å². The Morgan fingerprint density at radius 2 is 1.74 bits per heavy atom. The SMILES string of the molecule is CC(=O)Nc1ccc(NC(=O)[C@@H]2CCC[NH2+]2)cc1.[Cl-]. The van der Waals surface area contributed by atoms with Crippen LogP contribution in [0.25, 0.3) is 0 Å². The highest BCUT2D eigenvalue weighted by Gasteiger charge is 2.25. The summed E-state index contributed by atoms with van der Waals surface area (Å²) in [6.45, 7) is 2.49. The molecule has 5 nitrogen and oxygen atoms in total. The number of carbonyl (C=O) groups is 2. The summed E-state index contributed by atoms with van der Waals surface area (Å²) in [5.41, 5.74) is 1.49. The molecule has 1 heterocycles. The van der Waals surface area contributed by atoms with Gasteiger partial charge in [0.1, 0.15) is 0 Å². The second-order valence-electron chi connectivity index (χ2n) is 4.52. The fourth-order valence-electron chi connectivity index (χ4n) is 2.09. The Morgan fingerprint density at radius 1 is 1.16 bits per heavy atom. The van der Waals surface area contributed by atoms with Crippen LogP contribution in [0.3, 0.4) is 0 Å². The van der Waals surface area contributed by atoms with Crippen molar-refractivity contribution in [1.82, 2.24) is 0 Å². The minimum atomic E-state index is -0.104. The van der Waals surface area contributed by atoms with E-state index in [2.05, 4.69) is 16.0 Å². The first-order valence-electron chi connectivity index (χ1n) is 6.17. The summed E-state index contributed by atoms with van der Waals surface area (Å²) in [5.74, 6) is -0.0490. The molecule has 0 bridgehead atoms. The molecule has 0 radical (unpaired) electrons. The lowest BCUT2D eigenvalue weighted by Crippen LogP contribution is -3.00. The van der Waals surface area contributed by atoms with E-state index in [0.29, 0.717) is 0 Å². The molecule has 104 valence electrons. The number of hydrogen-bond acceptors (Lipinski definition) is 2. The molecule has 1 fully saturated rings. The Kier molecular flexibility index (Phi) is 5.79. The van der Waals surface area contributed by atoms with Gasteiger partial charge in [-0.05, 0) is 24.3 Å². The Morgan fingerprint density at radius 3 is 2.21 bits per heavy atom. The number of nitrogens with two attached hydrogens (primary N) is 1. The summed E-state index contributed by atoms with van der Waals surface area (Å²) < 4.78 is 0. The van der Waals surface area contributed by atoms with Crippen LogP contribution in [0.15, 0.2) is 24.3 Å². The molecule has 6 heteroatoms. The summed E-state index contributed by atoms with van der Waals surface area (Å²) >= 11 is 0. The number of carbonyl (C=O) groups excluding carboxylic acids is 2. The molecular weight excluding hydrogens is 266 g/mol. The van der Waals surface area contributed by atoms with Crippen LogP contribution in [0.2, 0.25) is 0 Å². The van der Waals surface area contributed by atoms with Gasteiger partial charge in [-0.3, -0.25) is 9.59 Å². The summed E-state index contributed by atoms with van der Waals surface area (Å²) in [6, 6.07) is 7.17. The van der Waals surface area contributed by atoms with Crippen molar-refractivity contribution in [2.75, 3.05) is 17.2 Å². The first-order chi connectivity index (χ1) is 8.65. The van der Waals surface area contributed by atoms with Crippen molar-refractivity contribution in [3.8, 4) is 0 Å². The van der Waals surface area contributed by atoms with Gasteiger partial charge in [0.2, 0.25) is 5.91 Å². The molecule has 2 rings (SSSR count). The van der Waals surface area contributed by atoms with Gasteiger partial charge >= 0.3 is 0 Å². The molecule has 1 aromatic carbocycles. The van der Waals surface area contributed by atoms with E-state index in [4.69, 9.17) is 0 Å². The fourth-order valence-corrected chi connectivity index (χ4v) is 2.09. The van der Waals surface area contributed by atoms with Crippen molar-refractivity contribution in [3.05, 3.63) is 24.3 Å². The maximum atomic E-state index is 11.9. The van der Waals surface area contributed by atoms with Gasteiger partial charge in [-0.25, -0.2) is 0 Å². The Hall–Kier alpha value is -1.59.